The van der Waals surface area contributed by atoms with Gasteiger partial charge in [0.2, 0.25) is 0 Å². The zero-order valence-electron chi connectivity index (χ0n) is 9.03. The summed E-state index contributed by atoms with van der Waals surface area (Å²) in [5.41, 5.74) is 2.18. The first kappa shape index (κ1) is 14.9. The molecule has 0 rings (SSSR count). The van der Waals surface area contributed by atoms with Crippen LogP contribution in [0.3, 0.4) is 0 Å². The fourth-order valence-corrected chi connectivity index (χ4v) is 3.04. The fourth-order valence-electron chi connectivity index (χ4n) is 1.16. The van der Waals surface area contributed by atoms with Crippen LogP contribution < -0.4 is 0 Å². The van der Waals surface area contributed by atoms with Gasteiger partial charge in [0, 0.05) is 16.4 Å². The summed E-state index contributed by atoms with van der Waals surface area (Å²) in [6, 6.07) is 0. The van der Waals surface area contributed by atoms with Crippen molar-refractivity contribution in [1.82, 2.24) is 0 Å². The maximum absolute atomic E-state index is 9.41. The molecule has 0 aromatic rings. The van der Waals surface area contributed by atoms with Crippen molar-refractivity contribution >= 4 is 23.5 Å². The van der Waals surface area contributed by atoms with Crippen LogP contribution in [-0.4, -0.2) is 41.2 Å². The van der Waals surface area contributed by atoms with Crippen LogP contribution in [0.15, 0.2) is 29.9 Å². The molecule has 0 atom stereocenters. The Balaban J connectivity index is 4.70. The van der Waals surface area contributed by atoms with Crippen molar-refractivity contribution in [3.63, 3.8) is 0 Å². The number of hydrogen-bond acceptors (Lipinski definition) is 4. The van der Waals surface area contributed by atoms with Crippen molar-refractivity contribution < 1.29 is 10.2 Å². The minimum Gasteiger partial charge on any atom is -0.395 e. The first-order valence-corrected chi connectivity index (χ1v) is 6.93. The summed E-state index contributed by atoms with van der Waals surface area (Å²) in [6.07, 6.45) is 3.70. The number of aliphatic hydroxyl groups excluding tert-OH is 2. The Morgan fingerprint density at radius 2 is 2.07 bits per heavy atom. The predicted octanol–water partition coefficient (Wildman–Crippen LogP) is 1.91. The Morgan fingerprint density at radius 1 is 1.47 bits per heavy atom. The molecule has 0 spiro atoms. The van der Waals surface area contributed by atoms with E-state index in [9.17, 15) is 10.2 Å². The molecule has 0 fully saturated rings. The van der Waals surface area contributed by atoms with Gasteiger partial charge in [-0.05, 0) is 6.26 Å². The van der Waals surface area contributed by atoms with E-state index in [1.54, 1.807) is 17.8 Å². The molecule has 0 aliphatic rings. The minimum atomic E-state index is -0.616. The zero-order chi connectivity index (χ0) is 11.7. The fraction of sp³-hybridized carbons (Fsp3) is 0.545. The number of aliphatic hydroxyl groups is 2. The predicted molar refractivity (Wildman–Crippen MR) is 70.3 cm³/mol. The van der Waals surface area contributed by atoms with Crippen LogP contribution in [0.5, 0.6) is 0 Å². The average Bonchev–Trinajstić information content (AvgIpc) is 2.28. The van der Waals surface area contributed by atoms with Gasteiger partial charge in [0.25, 0.3) is 0 Å². The number of rotatable bonds is 8. The maximum atomic E-state index is 9.41. The molecular weight excluding hydrogens is 228 g/mol. The first-order valence-electron chi connectivity index (χ1n) is 4.55. The van der Waals surface area contributed by atoms with Crippen LogP contribution in [0.2, 0.25) is 0 Å². The Labute approximate surface area is 100 Å². The summed E-state index contributed by atoms with van der Waals surface area (Å²) in [5, 5.41) is 18.8. The molecule has 0 aliphatic heterocycles. The van der Waals surface area contributed by atoms with E-state index in [0.717, 1.165) is 10.7 Å². The van der Waals surface area contributed by atoms with E-state index in [-0.39, 0.29) is 13.2 Å². The zero-order valence-corrected chi connectivity index (χ0v) is 10.7. The highest BCUT2D eigenvalue weighted by atomic mass is 32.2. The van der Waals surface area contributed by atoms with Gasteiger partial charge in [-0.3, -0.25) is 0 Å². The van der Waals surface area contributed by atoms with E-state index in [1.807, 2.05) is 6.26 Å². The Kier molecular flexibility index (Phi) is 8.02. The summed E-state index contributed by atoms with van der Waals surface area (Å²) in [6.45, 7) is 7.04. The van der Waals surface area contributed by atoms with Crippen LogP contribution >= 0.6 is 23.5 Å². The third-order valence-corrected chi connectivity index (χ3v) is 4.28. The largest absolute Gasteiger partial charge is 0.395 e. The van der Waals surface area contributed by atoms with E-state index < -0.39 is 5.41 Å². The smallest absolute Gasteiger partial charge is 0.0638 e. The molecule has 0 aliphatic carbocycles. The van der Waals surface area contributed by atoms with Crippen LogP contribution in [0.1, 0.15) is 0 Å². The molecule has 0 unspecified atom stereocenters. The van der Waals surface area contributed by atoms with Gasteiger partial charge < -0.3 is 10.2 Å². The molecule has 0 bridgehead atoms. The Morgan fingerprint density at radius 3 is 2.40 bits per heavy atom. The quantitative estimate of drug-likeness (QED) is 0.390. The van der Waals surface area contributed by atoms with Gasteiger partial charge in [0.05, 0.1) is 18.6 Å². The van der Waals surface area contributed by atoms with Crippen LogP contribution in [0.4, 0.5) is 0 Å². The van der Waals surface area contributed by atoms with Gasteiger partial charge in [-0.15, -0.1) is 24.1 Å². The lowest BCUT2D eigenvalue weighted by Gasteiger charge is -2.29. The molecular formula is C11H18O2S2. The van der Waals surface area contributed by atoms with E-state index in [4.69, 9.17) is 0 Å². The molecule has 0 heterocycles. The third-order valence-electron chi connectivity index (χ3n) is 2.07. The maximum Gasteiger partial charge on any atom is 0.0638 e. The van der Waals surface area contributed by atoms with Crippen molar-refractivity contribution in [3.8, 4) is 0 Å². The van der Waals surface area contributed by atoms with Crippen molar-refractivity contribution in [2.24, 2.45) is 5.41 Å². The summed E-state index contributed by atoms with van der Waals surface area (Å²) in [7, 11) is 0. The summed E-state index contributed by atoms with van der Waals surface area (Å²) in [4.78, 5) is 0.809. The lowest BCUT2D eigenvalue weighted by Crippen LogP contribution is -2.33. The van der Waals surface area contributed by atoms with E-state index in [1.165, 1.54) is 11.8 Å². The van der Waals surface area contributed by atoms with E-state index in [2.05, 4.69) is 18.9 Å². The monoisotopic (exact) mass is 246 g/mol. The van der Waals surface area contributed by atoms with Crippen molar-refractivity contribution in [3.05, 3.63) is 29.9 Å². The number of thioether (sulfide) groups is 2. The Bertz CT molecular complexity index is 241. The lowest BCUT2D eigenvalue weighted by atomic mass is 9.92. The van der Waals surface area contributed by atoms with Crippen molar-refractivity contribution in [1.29, 1.82) is 0 Å². The highest BCUT2D eigenvalue weighted by molar-refractivity contribution is 8.02. The van der Waals surface area contributed by atoms with Gasteiger partial charge in [0.15, 0.2) is 0 Å². The van der Waals surface area contributed by atoms with Gasteiger partial charge >= 0.3 is 0 Å². The molecule has 0 aromatic heterocycles. The van der Waals surface area contributed by atoms with E-state index in [0.29, 0.717) is 5.75 Å². The molecule has 2 nitrogen and oxygen atoms in total. The normalized spacial score (nSPS) is 10.9. The van der Waals surface area contributed by atoms with Crippen LogP contribution in [0, 0.1) is 5.41 Å². The SMILES string of the molecule is C=C=C(SC)C(CO)(CO)CSCC=C. The summed E-state index contributed by atoms with van der Waals surface area (Å²) >= 11 is 3.10. The first-order chi connectivity index (χ1) is 7.20. The molecule has 4 heteroatoms. The van der Waals surface area contributed by atoms with Gasteiger partial charge in [-0.25, -0.2) is 0 Å². The van der Waals surface area contributed by atoms with E-state index >= 15 is 0 Å². The standard InChI is InChI=1S/C11H18O2S2/c1-4-6-15-9-11(7-12,8-13)10(5-2)14-3/h4,12-13H,1-2,6-9H2,3H3. The van der Waals surface area contributed by atoms with Crippen molar-refractivity contribution in [2.45, 2.75) is 0 Å². The molecule has 0 amide bonds. The molecule has 0 saturated carbocycles. The molecule has 0 saturated heterocycles. The minimum absolute atomic E-state index is 0.0909. The topological polar surface area (TPSA) is 40.5 Å². The number of hydrogen-bond donors (Lipinski definition) is 2. The van der Waals surface area contributed by atoms with Crippen LogP contribution in [0.25, 0.3) is 0 Å². The highest BCUT2D eigenvalue weighted by Crippen LogP contribution is 2.36. The van der Waals surface area contributed by atoms with Crippen LogP contribution in [-0.2, 0) is 0 Å². The average molecular weight is 246 g/mol. The van der Waals surface area contributed by atoms with Gasteiger partial charge in [-0.1, -0.05) is 12.7 Å². The summed E-state index contributed by atoms with van der Waals surface area (Å²) < 4.78 is 0. The second-order valence-electron chi connectivity index (χ2n) is 3.11. The van der Waals surface area contributed by atoms with Crippen molar-refractivity contribution in [2.75, 3.05) is 31.0 Å². The molecule has 15 heavy (non-hydrogen) atoms. The van der Waals surface area contributed by atoms with Gasteiger partial charge in [-0.2, -0.15) is 11.8 Å². The van der Waals surface area contributed by atoms with Gasteiger partial charge in [0.1, 0.15) is 0 Å². The molecule has 0 radical (unpaired) electrons. The second-order valence-corrected chi connectivity index (χ2v) is 4.96. The Hall–Kier alpha value is -0.120. The molecule has 2 N–H and O–H groups in total. The highest BCUT2D eigenvalue weighted by Gasteiger charge is 2.32. The molecule has 0 aromatic carbocycles. The third kappa shape index (κ3) is 4.09. The second kappa shape index (κ2) is 8.08. The molecule has 86 valence electrons. The lowest BCUT2D eigenvalue weighted by molar-refractivity contribution is 0.109. The summed E-state index contributed by atoms with van der Waals surface area (Å²) in [5.74, 6) is 1.45.